The van der Waals surface area contributed by atoms with Crippen LogP contribution in [-0.2, 0) is 9.59 Å². The molecule has 0 aliphatic carbocycles. The van der Waals surface area contributed by atoms with Gasteiger partial charge in [-0.15, -0.1) is 0 Å². The molecule has 1 fully saturated rings. The van der Waals surface area contributed by atoms with Crippen molar-refractivity contribution in [3.63, 3.8) is 0 Å². The summed E-state index contributed by atoms with van der Waals surface area (Å²) in [5.41, 5.74) is 6.22. The lowest BCUT2D eigenvalue weighted by Gasteiger charge is -2.15. The number of carbonyl (C=O) groups is 2. The van der Waals surface area contributed by atoms with E-state index < -0.39 is 11.8 Å². The Balaban J connectivity index is 1.49. The molecule has 36 heavy (non-hydrogen) atoms. The van der Waals surface area contributed by atoms with Crippen molar-refractivity contribution in [2.75, 3.05) is 24.8 Å². The number of hydrazine groups is 1. The van der Waals surface area contributed by atoms with Gasteiger partial charge in [0.25, 0.3) is 11.8 Å². The van der Waals surface area contributed by atoms with Crippen molar-refractivity contribution in [3.05, 3.63) is 87.4 Å². The molecule has 0 saturated carbocycles. The van der Waals surface area contributed by atoms with Crippen molar-refractivity contribution in [3.8, 4) is 17.2 Å². The smallest absolute Gasteiger partial charge is 0.282 e. The summed E-state index contributed by atoms with van der Waals surface area (Å²) in [6.45, 7) is 7.06. The fraction of sp³-hybridized carbons (Fsp3) is 0.214. The van der Waals surface area contributed by atoms with Crippen molar-refractivity contribution in [1.82, 2.24) is 5.43 Å². The van der Waals surface area contributed by atoms with E-state index in [1.54, 1.807) is 42.5 Å². The lowest BCUT2D eigenvalue weighted by molar-refractivity contribution is -0.117. The first-order chi connectivity index (χ1) is 17.4. The number of nitrogens with one attached hydrogen (secondary N) is 1. The molecule has 0 unspecified atom stereocenters. The second-order valence-electron chi connectivity index (χ2n) is 8.18. The second-order valence-corrected chi connectivity index (χ2v) is 9.04. The zero-order chi connectivity index (χ0) is 25.7. The van der Waals surface area contributed by atoms with Gasteiger partial charge in [-0.3, -0.25) is 15.0 Å². The molecule has 0 atom stereocenters. The van der Waals surface area contributed by atoms with E-state index in [1.807, 2.05) is 38.1 Å². The van der Waals surface area contributed by atoms with Crippen LogP contribution in [0.5, 0.6) is 17.2 Å². The number of hydrogen-bond donors (Lipinski definition) is 1. The summed E-state index contributed by atoms with van der Waals surface area (Å²) in [6, 6.07) is 18.4. The van der Waals surface area contributed by atoms with Crippen LogP contribution in [0.25, 0.3) is 6.08 Å². The number of amides is 2. The Labute approximate surface area is 218 Å². The van der Waals surface area contributed by atoms with Gasteiger partial charge in [-0.05, 0) is 95.9 Å². The minimum absolute atomic E-state index is 0.0312. The van der Waals surface area contributed by atoms with Gasteiger partial charge in [-0.25, -0.2) is 5.01 Å². The van der Waals surface area contributed by atoms with Crippen LogP contribution >= 0.6 is 15.9 Å². The molecular formula is C28H27BrN2O5. The van der Waals surface area contributed by atoms with E-state index in [-0.39, 0.29) is 5.57 Å². The third-order valence-electron chi connectivity index (χ3n) is 5.63. The predicted octanol–water partition coefficient (Wildman–Crippen LogP) is 5.38. The molecule has 3 aromatic rings. The van der Waals surface area contributed by atoms with Crippen molar-refractivity contribution >= 4 is 39.5 Å². The zero-order valence-electron chi connectivity index (χ0n) is 20.3. The average Bonchev–Trinajstić information content (AvgIpc) is 3.14. The first-order valence-electron chi connectivity index (χ1n) is 11.6. The number of benzene rings is 3. The van der Waals surface area contributed by atoms with Crippen molar-refractivity contribution in [2.45, 2.75) is 20.8 Å². The summed E-state index contributed by atoms with van der Waals surface area (Å²) in [4.78, 5) is 25.4. The molecule has 186 valence electrons. The minimum atomic E-state index is -0.471. The van der Waals surface area contributed by atoms with E-state index >= 15 is 0 Å². The highest BCUT2D eigenvalue weighted by molar-refractivity contribution is 9.10. The second kappa shape index (κ2) is 11.3. The number of rotatable bonds is 9. The van der Waals surface area contributed by atoms with Gasteiger partial charge in [0.05, 0.1) is 16.8 Å². The van der Waals surface area contributed by atoms with E-state index in [2.05, 4.69) is 28.3 Å². The largest absolute Gasteiger partial charge is 0.490 e. The van der Waals surface area contributed by atoms with Crippen LogP contribution in [0.15, 0.2) is 70.7 Å². The van der Waals surface area contributed by atoms with Crippen molar-refractivity contribution in [2.24, 2.45) is 0 Å². The predicted molar refractivity (Wildman–Crippen MR) is 142 cm³/mol. The number of anilines is 1. The summed E-state index contributed by atoms with van der Waals surface area (Å²) < 4.78 is 18.2. The Kier molecular flexibility index (Phi) is 7.95. The van der Waals surface area contributed by atoms with Gasteiger partial charge in [0, 0.05) is 0 Å². The third-order valence-corrected chi connectivity index (χ3v) is 6.21. The standard InChI is InChI=1S/C28H27BrN2O5/c1-4-34-25-17-20(15-23-27(32)30-31(28(23)33)21-8-6-5-7-9-21)16-24(29)26(25)36-13-12-35-22-11-10-18(2)19(3)14-22/h5-11,14-17H,4,12-13H2,1-3H3,(H,30,32)/b23-15+. The number of hydrogen-bond acceptors (Lipinski definition) is 5. The van der Waals surface area contributed by atoms with E-state index in [0.29, 0.717) is 47.0 Å². The molecule has 1 aliphatic heterocycles. The number of ether oxygens (including phenoxy) is 3. The Bertz CT molecular complexity index is 1310. The molecule has 4 rings (SSSR count). The van der Waals surface area contributed by atoms with Gasteiger partial charge in [0.15, 0.2) is 11.5 Å². The summed E-state index contributed by atoms with van der Waals surface area (Å²) >= 11 is 3.54. The third kappa shape index (κ3) is 5.71. The highest BCUT2D eigenvalue weighted by Gasteiger charge is 2.34. The first-order valence-corrected chi connectivity index (χ1v) is 12.4. The molecule has 1 aliphatic rings. The molecule has 1 N–H and O–H groups in total. The molecule has 1 saturated heterocycles. The molecule has 0 aromatic heterocycles. The summed E-state index contributed by atoms with van der Waals surface area (Å²) in [6.07, 6.45) is 1.54. The number of carbonyl (C=O) groups excluding carboxylic acids is 2. The Morgan fingerprint density at radius 3 is 2.39 bits per heavy atom. The maximum Gasteiger partial charge on any atom is 0.282 e. The van der Waals surface area contributed by atoms with Gasteiger partial charge < -0.3 is 14.2 Å². The fourth-order valence-electron chi connectivity index (χ4n) is 3.66. The molecular weight excluding hydrogens is 524 g/mol. The quantitative estimate of drug-likeness (QED) is 0.220. The van der Waals surface area contributed by atoms with Crippen LogP contribution in [0.3, 0.4) is 0 Å². The lowest BCUT2D eigenvalue weighted by Crippen LogP contribution is -2.35. The van der Waals surface area contributed by atoms with Crippen LogP contribution < -0.4 is 24.6 Å². The van der Waals surface area contributed by atoms with Gasteiger partial charge in [0.2, 0.25) is 0 Å². The van der Waals surface area contributed by atoms with Gasteiger partial charge in [-0.1, -0.05) is 24.3 Å². The fourth-order valence-corrected chi connectivity index (χ4v) is 4.24. The van der Waals surface area contributed by atoms with E-state index in [1.165, 1.54) is 16.1 Å². The molecule has 3 aromatic carbocycles. The summed E-state index contributed by atoms with van der Waals surface area (Å²) in [5.74, 6) is 0.911. The van der Waals surface area contributed by atoms with Crippen molar-refractivity contribution in [1.29, 1.82) is 0 Å². The summed E-state index contributed by atoms with van der Waals surface area (Å²) in [7, 11) is 0. The average molecular weight is 551 g/mol. The highest BCUT2D eigenvalue weighted by atomic mass is 79.9. The van der Waals surface area contributed by atoms with Crippen molar-refractivity contribution < 1.29 is 23.8 Å². The van der Waals surface area contributed by atoms with Gasteiger partial charge >= 0.3 is 0 Å². The maximum atomic E-state index is 12.9. The first kappa shape index (κ1) is 25.3. The van der Waals surface area contributed by atoms with Crippen LogP contribution in [0.1, 0.15) is 23.6 Å². The van der Waals surface area contributed by atoms with Gasteiger partial charge in [0.1, 0.15) is 24.5 Å². The lowest BCUT2D eigenvalue weighted by atomic mass is 10.1. The number of para-hydroxylation sites is 1. The molecule has 7 nitrogen and oxygen atoms in total. The number of nitrogens with zero attached hydrogens (tertiary/aromatic N) is 1. The van der Waals surface area contributed by atoms with Gasteiger partial charge in [-0.2, -0.15) is 0 Å². The van der Waals surface area contributed by atoms with Crippen LogP contribution in [0, 0.1) is 13.8 Å². The molecule has 8 heteroatoms. The van der Waals surface area contributed by atoms with Crippen LogP contribution in [0.2, 0.25) is 0 Å². The Hall–Kier alpha value is -3.78. The minimum Gasteiger partial charge on any atom is -0.490 e. The SMILES string of the molecule is CCOc1cc(/C=C2\C(=O)NN(c3ccccc3)C2=O)cc(Br)c1OCCOc1ccc(C)c(C)c1. The Morgan fingerprint density at radius 1 is 0.917 bits per heavy atom. The number of aryl methyl sites for hydroxylation is 2. The van der Waals surface area contributed by atoms with Crippen LogP contribution in [0.4, 0.5) is 5.69 Å². The molecule has 0 radical (unpaired) electrons. The van der Waals surface area contributed by atoms with E-state index in [0.717, 1.165) is 5.75 Å². The highest BCUT2D eigenvalue weighted by Crippen LogP contribution is 2.38. The summed E-state index contributed by atoms with van der Waals surface area (Å²) in [5, 5.41) is 1.24. The van der Waals surface area contributed by atoms with E-state index in [9.17, 15) is 9.59 Å². The molecule has 0 spiro atoms. The molecule has 2 amide bonds. The van der Waals surface area contributed by atoms with Crippen LogP contribution in [-0.4, -0.2) is 31.6 Å². The Morgan fingerprint density at radius 2 is 1.67 bits per heavy atom. The molecule has 0 bridgehead atoms. The maximum absolute atomic E-state index is 12.9. The van der Waals surface area contributed by atoms with E-state index in [4.69, 9.17) is 14.2 Å². The normalized spacial score (nSPS) is 14.2. The number of halogens is 1. The molecule has 1 heterocycles. The monoisotopic (exact) mass is 550 g/mol. The zero-order valence-corrected chi connectivity index (χ0v) is 21.9. The topological polar surface area (TPSA) is 77.1 Å².